The van der Waals surface area contributed by atoms with Gasteiger partial charge in [0, 0.05) is 23.1 Å². The zero-order chi connectivity index (χ0) is 23.8. The minimum absolute atomic E-state index is 0.115. The van der Waals surface area contributed by atoms with E-state index in [9.17, 15) is 9.59 Å². The first-order valence-electron chi connectivity index (χ1n) is 10.9. The molecular weight excluding hydrogens is 450 g/mol. The lowest BCUT2D eigenvalue weighted by Crippen LogP contribution is -2.29. The molecule has 4 rings (SSSR count). The van der Waals surface area contributed by atoms with Crippen molar-refractivity contribution in [2.24, 2.45) is 0 Å². The standard InChI is InChI=1S/C26H25N3O4S/c1-32-21-11-9-19(10-12-21)13-14-27-25(30)24-16-22(33-28-24)17-29(18-23-8-5-15-34-23)26(31)20-6-3-2-4-7-20/h2-12,15-16H,13-14,17-18H2,1H3,(H,27,30). The fourth-order valence-electron chi connectivity index (χ4n) is 3.44. The van der Waals surface area contributed by atoms with Crippen LogP contribution in [-0.2, 0) is 19.5 Å². The summed E-state index contributed by atoms with van der Waals surface area (Å²) in [6.07, 6.45) is 0.681. The number of nitrogens with zero attached hydrogens (tertiary/aromatic N) is 2. The second-order valence-electron chi connectivity index (χ2n) is 7.64. The summed E-state index contributed by atoms with van der Waals surface area (Å²) in [5, 5.41) is 8.74. The number of carbonyl (C=O) groups excluding carboxylic acids is 2. The molecule has 0 spiro atoms. The number of nitrogens with one attached hydrogen (secondary N) is 1. The molecule has 0 unspecified atom stereocenters. The zero-order valence-corrected chi connectivity index (χ0v) is 19.6. The Morgan fingerprint density at radius 1 is 1.03 bits per heavy atom. The topological polar surface area (TPSA) is 84.7 Å². The van der Waals surface area contributed by atoms with Gasteiger partial charge in [0.05, 0.1) is 20.2 Å². The molecule has 0 bridgehead atoms. The largest absolute Gasteiger partial charge is 0.497 e. The van der Waals surface area contributed by atoms with Gasteiger partial charge in [-0.15, -0.1) is 11.3 Å². The van der Waals surface area contributed by atoms with Crippen molar-refractivity contribution < 1.29 is 18.8 Å². The van der Waals surface area contributed by atoms with Crippen LogP contribution in [0.5, 0.6) is 5.75 Å². The molecule has 2 aromatic heterocycles. The highest BCUT2D eigenvalue weighted by Crippen LogP contribution is 2.18. The van der Waals surface area contributed by atoms with Crippen LogP contribution in [0.1, 0.15) is 37.0 Å². The van der Waals surface area contributed by atoms with Crippen LogP contribution < -0.4 is 10.1 Å². The summed E-state index contributed by atoms with van der Waals surface area (Å²) in [7, 11) is 1.63. The summed E-state index contributed by atoms with van der Waals surface area (Å²) in [5.41, 5.74) is 1.87. The molecule has 0 atom stereocenters. The molecule has 0 saturated carbocycles. The molecule has 2 aromatic carbocycles. The number of aromatic nitrogens is 1. The van der Waals surface area contributed by atoms with Crippen LogP contribution in [0.2, 0.25) is 0 Å². The lowest BCUT2D eigenvalue weighted by Gasteiger charge is -2.20. The van der Waals surface area contributed by atoms with Crippen molar-refractivity contribution in [2.75, 3.05) is 13.7 Å². The van der Waals surface area contributed by atoms with E-state index in [-0.39, 0.29) is 24.1 Å². The first-order valence-corrected chi connectivity index (χ1v) is 11.7. The van der Waals surface area contributed by atoms with Gasteiger partial charge in [0.1, 0.15) is 5.75 Å². The lowest BCUT2D eigenvalue weighted by atomic mass is 10.1. The molecule has 0 aliphatic heterocycles. The van der Waals surface area contributed by atoms with E-state index in [1.807, 2.05) is 60.0 Å². The average Bonchev–Trinajstić information content (AvgIpc) is 3.56. The van der Waals surface area contributed by atoms with Gasteiger partial charge in [0.2, 0.25) is 0 Å². The summed E-state index contributed by atoms with van der Waals surface area (Å²) in [4.78, 5) is 28.4. The van der Waals surface area contributed by atoms with E-state index in [1.165, 1.54) is 0 Å². The van der Waals surface area contributed by atoms with Crippen molar-refractivity contribution in [2.45, 2.75) is 19.5 Å². The molecule has 2 heterocycles. The van der Waals surface area contributed by atoms with Gasteiger partial charge in [-0.2, -0.15) is 0 Å². The minimum Gasteiger partial charge on any atom is -0.497 e. The monoisotopic (exact) mass is 475 g/mol. The third-order valence-corrected chi connectivity index (χ3v) is 6.09. The second kappa shape index (κ2) is 11.3. The Morgan fingerprint density at radius 2 is 1.82 bits per heavy atom. The van der Waals surface area contributed by atoms with Gasteiger partial charge < -0.3 is 19.5 Å². The summed E-state index contributed by atoms with van der Waals surface area (Å²) < 4.78 is 10.6. The number of hydrogen-bond acceptors (Lipinski definition) is 6. The van der Waals surface area contributed by atoms with Crippen molar-refractivity contribution in [1.29, 1.82) is 0 Å². The van der Waals surface area contributed by atoms with E-state index in [0.717, 1.165) is 16.2 Å². The maximum absolute atomic E-state index is 13.1. The van der Waals surface area contributed by atoms with Crippen LogP contribution >= 0.6 is 11.3 Å². The van der Waals surface area contributed by atoms with Crippen LogP contribution in [0.3, 0.4) is 0 Å². The number of ether oxygens (including phenoxy) is 1. The minimum atomic E-state index is -0.317. The Kier molecular flexibility index (Phi) is 7.72. The third kappa shape index (κ3) is 6.11. The van der Waals surface area contributed by atoms with Gasteiger partial charge in [-0.25, -0.2) is 0 Å². The highest BCUT2D eigenvalue weighted by Gasteiger charge is 2.20. The quantitative estimate of drug-likeness (QED) is 0.364. The summed E-state index contributed by atoms with van der Waals surface area (Å²) in [5.74, 6) is 0.807. The number of methoxy groups -OCH3 is 1. The Hall–Kier alpha value is -3.91. The van der Waals surface area contributed by atoms with Crippen molar-refractivity contribution >= 4 is 23.2 Å². The van der Waals surface area contributed by atoms with Crippen molar-refractivity contribution in [1.82, 2.24) is 15.4 Å². The number of amides is 2. The fourth-order valence-corrected chi connectivity index (χ4v) is 4.16. The Balaban J connectivity index is 1.37. The molecule has 34 heavy (non-hydrogen) atoms. The Labute approximate surface area is 202 Å². The lowest BCUT2D eigenvalue weighted by molar-refractivity contribution is 0.0715. The normalized spacial score (nSPS) is 10.6. The first kappa shape index (κ1) is 23.3. The molecule has 8 heteroatoms. The van der Waals surface area contributed by atoms with Gasteiger partial charge >= 0.3 is 0 Å². The van der Waals surface area contributed by atoms with Crippen LogP contribution in [-0.4, -0.2) is 35.5 Å². The molecular formula is C26H25N3O4S. The highest BCUT2D eigenvalue weighted by molar-refractivity contribution is 7.09. The van der Waals surface area contributed by atoms with Gasteiger partial charge in [0.25, 0.3) is 11.8 Å². The number of carbonyl (C=O) groups is 2. The van der Waals surface area contributed by atoms with Crippen LogP contribution in [0, 0.1) is 0 Å². The molecule has 0 aliphatic carbocycles. The maximum atomic E-state index is 13.1. The molecule has 2 amide bonds. The zero-order valence-electron chi connectivity index (χ0n) is 18.8. The molecule has 174 valence electrons. The van der Waals surface area contributed by atoms with Crippen LogP contribution in [0.4, 0.5) is 0 Å². The summed E-state index contributed by atoms with van der Waals surface area (Å²) in [6.45, 7) is 1.11. The van der Waals surface area contributed by atoms with E-state index in [0.29, 0.717) is 30.8 Å². The van der Waals surface area contributed by atoms with E-state index in [1.54, 1.807) is 41.5 Å². The summed E-state index contributed by atoms with van der Waals surface area (Å²) >= 11 is 1.58. The summed E-state index contributed by atoms with van der Waals surface area (Å²) in [6, 6.07) is 22.3. The van der Waals surface area contributed by atoms with E-state index in [2.05, 4.69) is 10.5 Å². The van der Waals surface area contributed by atoms with Gasteiger partial charge in [-0.05, 0) is 47.7 Å². The molecule has 7 nitrogen and oxygen atoms in total. The number of hydrogen-bond donors (Lipinski definition) is 1. The molecule has 0 fully saturated rings. The SMILES string of the molecule is COc1ccc(CCNC(=O)c2cc(CN(Cc3cccs3)C(=O)c3ccccc3)on2)cc1. The van der Waals surface area contributed by atoms with Gasteiger partial charge in [-0.1, -0.05) is 41.6 Å². The fraction of sp³-hybridized carbons (Fsp3) is 0.192. The van der Waals surface area contributed by atoms with E-state index >= 15 is 0 Å². The predicted molar refractivity (Wildman–Crippen MR) is 130 cm³/mol. The van der Waals surface area contributed by atoms with Crippen molar-refractivity contribution in [3.63, 3.8) is 0 Å². The number of thiophene rings is 1. The predicted octanol–water partition coefficient (Wildman–Crippen LogP) is 4.56. The third-order valence-electron chi connectivity index (χ3n) is 5.23. The van der Waals surface area contributed by atoms with Crippen molar-refractivity contribution in [3.8, 4) is 5.75 Å². The Bertz CT molecular complexity index is 1200. The highest BCUT2D eigenvalue weighted by atomic mass is 32.1. The molecule has 0 aliphatic rings. The van der Waals surface area contributed by atoms with Gasteiger partial charge in [0.15, 0.2) is 11.5 Å². The molecule has 4 aromatic rings. The number of benzene rings is 2. The average molecular weight is 476 g/mol. The Morgan fingerprint density at radius 3 is 2.53 bits per heavy atom. The second-order valence-corrected chi connectivity index (χ2v) is 8.67. The molecule has 0 saturated heterocycles. The maximum Gasteiger partial charge on any atom is 0.273 e. The smallest absolute Gasteiger partial charge is 0.273 e. The van der Waals surface area contributed by atoms with Gasteiger partial charge in [-0.3, -0.25) is 9.59 Å². The van der Waals surface area contributed by atoms with Crippen LogP contribution in [0.25, 0.3) is 0 Å². The van der Waals surface area contributed by atoms with Crippen molar-refractivity contribution in [3.05, 3.63) is 106 Å². The number of rotatable bonds is 10. The van der Waals surface area contributed by atoms with E-state index < -0.39 is 0 Å². The molecule has 0 radical (unpaired) electrons. The van der Waals surface area contributed by atoms with E-state index in [4.69, 9.17) is 9.26 Å². The van der Waals surface area contributed by atoms with Crippen LogP contribution in [0.15, 0.2) is 82.7 Å². The first-order chi connectivity index (χ1) is 16.6. The molecule has 1 N–H and O–H groups in total.